The number of carbonyl (C=O) groups is 1. The Morgan fingerprint density at radius 3 is 2.56 bits per heavy atom. The van der Waals surface area contributed by atoms with Crippen LogP contribution in [0.25, 0.3) is 28.2 Å². The molecule has 4 rings (SSSR count). The molecule has 0 atom stereocenters. The van der Waals surface area contributed by atoms with Gasteiger partial charge in [0.2, 0.25) is 0 Å². The smallest absolute Gasteiger partial charge is 0.332 e. The fourth-order valence-electron chi connectivity index (χ4n) is 3.11. The molecular weight excluding hydrogens is 342 g/mol. The van der Waals surface area contributed by atoms with Crippen molar-refractivity contribution in [2.24, 2.45) is 5.73 Å². The van der Waals surface area contributed by atoms with E-state index in [-0.39, 0.29) is 11.2 Å². The lowest BCUT2D eigenvalue weighted by Gasteiger charge is -2.08. The minimum Gasteiger partial charge on any atom is -0.364 e. The van der Waals surface area contributed by atoms with Crippen molar-refractivity contribution in [2.75, 3.05) is 0 Å². The maximum Gasteiger partial charge on any atom is 0.332 e. The van der Waals surface area contributed by atoms with Crippen LogP contribution in [-0.2, 0) is 0 Å². The molecule has 2 aromatic heterocycles. The number of fused-ring (bicyclic) bond motifs is 1. The molecule has 0 aliphatic carbocycles. The SMILES string of the molecule is Cc1cccc(-n2c(=O)[nH]c3c(C(N)=O)nc(-c4ccccc4C)nc32)c1. The van der Waals surface area contributed by atoms with Crippen LogP contribution in [-0.4, -0.2) is 25.4 Å². The van der Waals surface area contributed by atoms with E-state index in [1.807, 2.05) is 56.3 Å². The summed E-state index contributed by atoms with van der Waals surface area (Å²) in [7, 11) is 0. The molecular formula is C20H17N5O2. The van der Waals surface area contributed by atoms with Gasteiger partial charge in [-0.1, -0.05) is 36.4 Å². The Morgan fingerprint density at radius 1 is 1.07 bits per heavy atom. The van der Waals surface area contributed by atoms with E-state index >= 15 is 0 Å². The van der Waals surface area contributed by atoms with E-state index in [0.717, 1.165) is 16.7 Å². The van der Waals surface area contributed by atoms with Crippen LogP contribution in [0.2, 0.25) is 0 Å². The fraction of sp³-hybridized carbons (Fsp3) is 0.100. The maximum absolute atomic E-state index is 12.6. The van der Waals surface area contributed by atoms with Crippen LogP contribution in [0.3, 0.4) is 0 Å². The number of H-pyrrole nitrogens is 1. The predicted molar refractivity (Wildman–Crippen MR) is 103 cm³/mol. The van der Waals surface area contributed by atoms with Crippen molar-refractivity contribution in [1.29, 1.82) is 0 Å². The third kappa shape index (κ3) is 2.79. The van der Waals surface area contributed by atoms with Gasteiger partial charge in [-0.25, -0.2) is 19.3 Å². The average molecular weight is 359 g/mol. The third-order valence-corrected chi connectivity index (χ3v) is 4.42. The number of nitrogens with one attached hydrogen (secondary N) is 1. The molecule has 2 aromatic carbocycles. The Morgan fingerprint density at radius 2 is 1.85 bits per heavy atom. The van der Waals surface area contributed by atoms with Gasteiger partial charge in [-0.2, -0.15) is 0 Å². The quantitative estimate of drug-likeness (QED) is 0.586. The highest BCUT2D eigenvalue weighted by Gasteiger charge is 2.20. The number of nitrogens with two attached hydrogens (primary N) is 1. The molecule has 0 spiro atoms. The fourth-order valence-corrected chi connectivity index (χ4v) is 3.11. The van der Waals surface area contributed by atoms with Gasteiger partial charge < -0.3 is 10.7 Å². The summed E-state index contributed by atoms with van der Waals surface area (Å²) in [5, 5.41) is 0. The van der Waals surface area contributed by atoms with Gasteiger partial charge in [0.25, 0.3) is 5.91 Å². The molecule has 1 amide bonds. The van der Waals surface area contributed by atoms with E-state index in [1.165, 1.54) is 4.57 Å². The van der Waals surface area contributed by atoms with Gasteiger partial charge in [0.15, 0.2) is 17.2 Å². The number of benzene rings is 2. The third-order valence-electron chi connectivity index (χ3n) is 4.42. The Labute approximate surface area is 154 Å². The number of aromatic nitrogens is 4. The molecule has 3 N–H and O–H groups in total. The van der Waals surface area contributed by atoms with Crippen LogP contribution in [0.1, 0.15) is 21.6 Å². The van der Waals surface area contributed by atoms with Gasteiger partial charge in [0.1, 0.15) is 5.52 Å². The molecule has 4 aromatic rings. The summed E-state index contributed by atoms with van der Waals surface area (Å²) < 4.78 is 1.43. The van der Waals surface area contributed by atoms with Crippen molar-refractivity contribution in [1.82, 2.24) is 19.5 Å². The van der Waals surface area contributed by atoms with Crippen molar-refractivity contribution in [2.45, 2.75) is 13.8 Å². The van der Waals surface area contributed by atoms with Crippen LogP contribution in [0, 0.1) is 13.8 Å². The Balaban J connectivity index is 2.10. The van der Waals surface area contributed by atoms with Crippen molar-refractivity contribution in [3.05, 3.63) is 75.8 Å². The molecule has 0 bridgehead atoms. The first-order valence-corrected chi connectivity index (χ1v) is 8.41. The Kier molecular flexibility index (Phi) is 3.84. The molecule has 27 heavy (non-hydrogen) atoms. The van der Waals surface area contributed by atoms with Crippen molar-refractivity contribution >= 4 is 17.1 Å². The zero-order valence-electron chi connectivity index (χ0n) is 14.9. The number of hydrogen-bond donors (Lipinski definition) is 2. The first kappa shape index (κ1) is 16.7. The number of aryl methyl sites for hydroxylation is 2. The molecule has 0 radical (unpaired) electrons. The van der Waals surface area contributed by atoms with Crippen LogP contribution >= 0.6 is 0 Å². The Hall–Kier alpha value is -3.74. The summed E-state index contributed by atoms with van der Waals surface area (Å²) in [6.45, 7) is 3.86. The number of hydrogen-bond acceptors (Lipinski definition) is 4. The van der Waals surface area contributed by atoms with Gasteiger partial charge in [-0.3, -0.25) is 4.79 Å². The van der Waals surface area contributed by atoms with Crippen LogP contribution in [0.5, 0.6) is 0 Å². The minimum atomic E-state index is -0.727. The zero-order valence-corrected chi connectivity index (χ0v) is 14.9. The number of amides is 1. The standard InChI is InChI=1S/C20H17N5O2/c1-11-6-5-8-13(10-11)25-19-16(23-20(25)27)15(17(21)26)22-18(24-19)14-9-4-3-7-12(14)2/h3-10H,1-2H3,(H2,21,26)(H,23,27). The molecule has 7 nitrogen and oxygen atoms in total. The molecule has 0 fully saturated rings. The van der Waals surface area contributed by atoms with Gasteiger partial charge in [0, 0.05) is 5.56 Å². The predicted octanol–water partition coefficient (Wildman–Crippen LogP) is 2.49. The van der Waals surface area contributed by atoms with E-state index in [0.29, 0.717) is 17.2 Å². The average Bonchev–Trinajstić information content (AvgIpc) is 2.96. The number of rotatable bonds is 3. The number of primary amides is 1. The molecule has 0 saturated heterocycles. The summed E-state index contributed by atoms with van der Waals surface area (Å²) in [6.07, 6.45) is 0. The molecule has 0 aliphatic heterocycles. The van der Waals surface area contributed by atoms with Gasteiger partial charge in [-0.05, 0) is 37.1 Å². The van der Waals surface area contributed by atoms with Crippen molar-refractivity contribution < 1.29 is 4.79 Å². The maximum atomic E-state index is 12.6. The molecule has 134 valence electrons. The number of aromatic amines is 1. The van der Waals surface area contributed by atoms with Gasteiger partial charge in [-0.15, -0.1) is 0 Å². The lowest BCUT2D eigenvalue weighted by Crippen LogP contribution is -2.15. The molecule has 0 unspecified atom stereocenters. The van der Waals surface area contributed by atoms with Crippen molar-refractivity contribution in [3.63, 3.8) is 0 Å². The van der Waals surface area contributed by atoms with Crippen LogP contribution in [0.4, 0.5) is 0 Å². The molecule has 2 heterocycles. The minimum absolute atomic E-state index is 0.0123. The van der Waals surface area contributed by atoms with E-state index < -0.39 is 11.6 Å². The number of nitrogens with zero attached hydrogens (tertiary/aromatic N) is 3. The highest BCUT2D eigenvalue weighted by molar-refractivity contribution is 6.02. The van der Waals surface area contributed by atoms with Crippen LogP contribution < -0.4 is 11.4 Å². The first-order valence-electron chi connectivity index (χ1n) is 8.41. The highest BCUT2D eigenvalue weighted by atomic mass is 16.2. The highest BCUT2D eigenvalue weighted by Crippen LogP contribution is 2.24. The second-order valence-corrected chi connectivity index (χ2v) is 6.38. The van der Waals surface area contributed by atoms with E-state index in [9.17, 15) is 9.59 Å². The molecule has 7 heteroatoms. The molecule has 0 aliphatic rings. The van der Waals surface area contributed by atoms with Crippen molar-refractivity contribution in [3.8, 4) is 17.1 Å². The normalized spacial score (nSPS) is 11.0. The first-order chi connectivity index (χ1) is 13.0. The van der Waals surface area contributed by atoms with E-state index in [2.05, 4.69) is 15.0 Å². The summed E-state index contributed by atoms with van der Waals surface area (Å²) in [5.74, 6) is -0.385. The Bertz CT molecular complexity index is 1250. The largest absolute Gasteiger partial charge is 0.364 e. The lowest BCUT2D eigenvalue weighted by atomic mass is 10.1. The number of imidazole rings is 1. The lowest BCUT2D eigenvalue weighted by molar-refractivity contribution is 0.0997. The second-order valence-electron chi connectivity index (χ2n) is 6.38. The van der Waals surface area contributed by atoms with Gasteiger partial charge in [0.05, 0.1) is 5.69 Å². The summed E-state index contributed by atoms with van der Waals surface area (Å²) >= 11 is 0. The monoisotopic (exact) mass is 359 g/mol. The number of carbonyl (C=O) groups excluding carboxylic acids is 1. The zero-order chi connectivity index (χ0) is 19.1. The van der Waals surface area contributed by atoms with E-state index in [1.54, 1.807) is 6.07 Å². The molecule has 0 saturated carbocycles. The summed E-state index contributed by atoms with van der Waals surface area (Å²) in [6, 6.07) is 15.0. The van der Waals surface area contributed by atoms with E-state index in [4.69, 9.17) is 5.73 Å². The topological polar surface area (TPSA) is 107 Å². The summed E-state index contributed by atoms with van der Waals surface area (Å²) in [5.41, 5.74) is 9.01. The summed E-state index contributed by atoms with van der Waals surface area (Å²) in [4.78, 5) is 36.2. The van der Waals surface area contributed by atoms with Gasteiger partial charge >= 0.3 is 5.69 Å². The second kappa shape index (κ2) is 6.21. The van der Waals surface area contributed by atoms with Crippen LogP contribution in [0.15, 0.2) is 53.3 Å².